The number of aromatic nitrogens is 2. The molecule has 2 aromatic carbocycles. The molecule has 2 heterocycles. The van der Waals surface area contributed by atoms with E-state index in [9.17, 15) is 19.7 Å². The van der Waals surface area contributed by atoms with Crippen LogP contribution in [0.25, 0.3) is 31.7 Å². The van der Waals surface area contributed by atoms with Gasteiger partial charge in [0.1, 0.15) is 16.0 Å². The Bertz CT molecular complexity index is 1370. The molecule has 2 aromatic heterocycles. The van der Waals surface area contributed by atoms with Crippen LogP contribution in [-0.4, -0.2) is 14.5 Å². The average molecular weight is 407 g/mol. The van der Waals surface area contributed by atoms with Crippen LogP contribution in [-0.2, 0) is 6.54 Å². The fourth-order valence-electron chi connectivity index (χ4n) is 3.29. The third kappa shape index (κ3) is 3.31. The Labute approximate surface area is 169 Å². The van der Waals surface area contributed by atoms with Gasteiger partial charge in [0.25, 0.3) is 11.2 Å². The van der Waals surface area contributed by atoms with E-state index >= 15 is 0 Å². The second-order valence-corrected chi connectivity index (χ2v) is 7.69. The molecule has 4 rings (SSSR count). The second kappa shape index (κ2) is 7.56. The molecule has 0 amide bonds. The van der Waals surface area contributed by atoms with Gasteiger partial charge in [-0.1, -0.05) is 37.6 Å². The Balaban J connectivity index is 2.09. The fourth-order valence-corrected chi connectivity index (χ4v) is 4.33. The topological polar surface area (TPSA) is 95.1 Å². The first-order valence-electron chi connectivity index (χ1n) is 9.22. The molecule has 146 valence electrons. The number of benzene rings is 2. The molecule has 8 heteroatoms. The van der Waals surface area contributed by atoms with E-state index in [1.807, 2.05) is 19.1 Å². The van der Waals surface area contributed by atoms with Crippen molar-refractivity contribution >= 4 is 37.3 Å². The zero-order chi connectivity index (χ0) is 20.5. The molecule has 0 radical (unpaired) electrons. The first-order valence-corrected chi connectivity index (χ1v) is 10.0. The number of hydrogen-bond acceptors (Lipinski definition) is 6. The summed E-state index contributed by atoms with van der Waals surface area (Å²) in [6, 6.07) is 13.2. The Morgan fingerprint density at radius 2 is 1.93 bits per heavy atom. The Morgan fingerprint density at radius 1 is 1.14 bits per heavy atom. The van der Waals surface area contributed by atoms with Crippen LogP contribution < -0.4 is 11.0 Å². The van der Waals surface area contributed by atoms with Crippen molar-refractivity contribution in [1.29, 1.82) is 0 Å². The normalized spacial score (nSPS) is 11.2. The summed E-state index contributed by atoms with van der Waals surface area (Å²) in [5, 5.41) is 11.8. The highest BCUT2D eigenvalue weighted by Gasteiger charge is 2.18. The van der Waals surface area contributed by atoms with Crippen molar-refractivity contribution in [2.75, 3.05) is 0 Å². The van der Waals surface area contributed by atoms with E-state index < -0.39 is 10.5 Å². The molecule has 0 spiro atoms. The highest BCUT2D eigenvalue weighted by molar-refractivity contribution is 7.24. The maximum Gasteiger partial charge on any atom is 0.270 e. The summed E-state index contributed by atoms with van der Waals surface area (Å²) in [6.45, 7) is 2.38. The number of fused-ring (bicyclic) bond motifs is 2. The van der Waals surface area contributed by atoms with E-state index in [2.05, 4.69) is 4.98 Å². The molecule has 0 atom stereocenters. The van der Waals surface area contributed by atoms with Crippen LogP contribution in [0.5, 0.6) is 0 Å². The third-order valence-electron chi connectivity index (χ3n) is 4.75. The first-order chi connectivity index (χ1) is 14.0. The van der Waals surface area contributed by atoms with Gasteiger partial charge in [0.2, 0.25) is 5.43 Å². The molecular weight excluding hydrogens is 390 g/mol. The van der Waals surface area contributed by atoms with Gasteiger partial charge in [0, 0.05) is 34.3 Å². The Morgan fingerprint density at radius 3 is 2.69 bits per heavy atom. The lowest BCUT2D eigenvalue weighted by molar-refractivity contribution is -0.384. The van der Waals surface area contributed by atoms with Crippen molar-refractivity contribution < 1.29 is 4.92 Å². The number of hydrogen-bond donors (Lipinski definition) is 0. The van der Waals surface area contributed by atoms with E-state index in [1.54, 1.807) is 24.3 Å². The number of nitrogens with zero attached hydrogens (tertiary/aromatic N) is 3. The Hall–Kier alpha value is -3.39. The number of unbranched alkanes of at least 4 members (excludes halogenated alkanes) is 1. The van der Waals surface area contributed by atoms with Crippen LogP contribution in [0.4, 0.5) is 5.69 Å². The van der Waals surface area contributed by atoms with Crippen molar-refractivity contribution in [1.82, 2.24) is 9.55 Å². The molecule has 0 saturated carbocycles. The molecule has 29 heavy (non-hydrogen) atoms. The van der Waals surface area contributed by atoms with Crippen molar-refractivity contribution in [2.45, 2.75) is 26.3 Å². The van der Waals surface area contributed by atoms with Gasteiger partial charge in [-0.2, -0.15) is 0 Å². The largest absolute Gasteiger partial charge is 0.292 e. The summed E-state index contributed by atoms with van der Waals surface area (Å²) in [5.74, 6) is 0.339. The highest BCUT2D eigenvalue weighted by Crippen LogP contribution is 2.26. The molecular formula is C21H17N3O4S. The van der Waals surface area contributed by atoms with E-state index in [-0.39, 0.29) is 16.5 Å². The fraction of sp³-hybridized carbons (Fsp3) is 0.190. The number of non-ortho nitro benzene ring substituents is 1. The van der Waals surface area contributed by atoms with Crippen LogP contribution in [0.1, 0.15) is 19.8 Å². The lowest BCUT2D eigenvalue weighted by atomic mass is 10.1. The van der Waals surface area contributed by atoms with Crippen molar-refractivity contribution in [2.24, 2.45) is 0 Å². The second-order valence-electron chi connectivity index (χ2n) is 6.66. The number of nitro groups is 1. The molecule has 0 bridgehead atoms. The molecule has 0 fully saturated rings. The van der Waals surface area contributed by atoms with Gasteiger partial charge in [-0.05, 0) is 18.6 Å². The number of nitro benzene ring substituents is 1. The highest BCUT2D eigenvalue weighted by atomic mass is 32.1. The van der Waals surface area contributed by atoms with E-state index in [0.717, 1.165) is 17.5 Å². The van der Waals surface area contributed by atoms with Crippen LogP contribution in [0.2, 0.25) is 0 Å². The average Bonchev–Trinajstić information content (AvgIpc) is 2.73. The molecule has 4 aromatic rings. The predicted molar refractivity (Wildman–Crippen MR) is 115 cm³/mol. The zero-order valence-corrected chi connectivity index (χ0v) is 16.4. The quantitative estimate of drug-likeness (QED) is 0.278. The minimum absolute atomic E-state index is 0.0685. The molecule has 0 N–H and O–H groups in total. The number of rotatable bonds is 5. The molecule has 7 nitrogen and oxygen atoms in total. The minimum Gasteiger partial charge on any atom is -0.292 e. The van der Waals surface area contributed by atoms with Crippen LogP contribution in [0, 0.1) is 10.1 Å². The van der Waals surface area contributed by atoms with Gasteiger partial charge < -0.3 is 0 Å². The maximum absolute atomic E-state index is 13.3. The summed E-state index contributed by atoms with van der Waals surface area (Å²) in [5.41, 5.74) is -0.340. The van der Waals surface area contributed by atoms with Crippen molar-refractivity contribution in [3.8, 4) is 11.4 Å². The Kier molecular flexibility index (Phi) is 4.94. The molecule has 0 saturated heterocycles. The summed E-state index contributed by atoms with van der Waals surface area (Å²) in [7, 11) is 0. The van der Waals surface area contributed by atoms with Gasteiger partial charge in [-0.15, -0.1) is 11.3 Å². The van der Waals surface area contributed by atoms with Crippen LogP contribution in [0.3, 0.4) is 0 Å². The summed E-state index contributed by atoms with van der Waals surface area (Å²) in [4.78, 5) is 42.0. The first kappa shape index (κ1) is 18.9. The van der Waals surface area contributed by atoms with Crippen molar-refractivity contribution in [3.05, 3.63) is 79.2 Å². The zero-order valence-electron chi connectivity index (χ0n) is 15.6. The monoisotopic (exact) mass is 407 g/mol. The van der Waals surface area contributed by atoms with Gasteiger partial charge in [-0.3, -0.25) is 24.3 Å². The van der Waals surface area contributed by atoms with Gasteiger partial charge in [0.15, 0.2) is 0 Å². The maximum atomic E-state index is 13.3. The third-order valence-corrected chi connectivity index (χ3v) is 5.82. The molecule has 0 aliphatic carbocycles. The summed E-state index contributed by atoms with van der Waals surface area (Å²) >= 11 is 1.27. The van der Waals surface area contributed by atoms with E-state index in [1.165, 1.54) is 28.0 Å². The lowest BCUT2D eigenvalue weighted by Gasteiger charge is -2.13. The van der Waals surface area contributed by atoms with E-state index in [4.69, 9.17) is 0 Å². The smallest absolute Gasteiger partial charge is 0.270 e. The van der Waals surface area contributed by atoms with E-state index in [0.29, 0.717) is 28.1 Å². The van der Waals surface area contributed by atoms with Crippen LogP contribution >= 0.6 is 11.3 Å². The summed E-state index contributed by atoms with van der Waals surface area (Å²) < 4.78 is 2.21. The SMILES string of the molecule is CCCCn1c(-c2cccc([N+](=O)[O-])c2)nc2sc3ccccc3c(=O)c2c1=O. The van der Waals surface area contributed by atoms with Gasteiger partial charge >= 0.3 is 0 Å². The standard InChI is InChI=1S/C21H17N3O4S/c1-2-3-11-23-19(13-7-6-8-14(12-13)24(27)28)22-20-17(21(23)26)18(25)15-9-4-5-10-16(15)29-20/h4-10,12H,2-3,11H2,1H3. The molecule has 0 unspecified atom stereocenters. The summed E-state index contributed by atoms with van der Waals surface area (Å²) in [6.07, 6.45) is 1.57. The molecule has 0 aliphatic rings. The lowest BCUT2D eigenvalue weighted by Crippen LogP contribution is -2.27. The van der Waals surface area contributed by atoms with Crippen molar-refractivity contribution in [3.63, 3.8) is 0 Å². The minimum atomic E-state index is -0.481. The van der Waals surface area contributed by atoms with Gasteiger partial charge in [0.05, 0.1) is 4.92 Å². The van der Waals surface area contributed by atoms with Gasteiger partial charge in [-0.25, -0.2) is 4.98 Å². The molecule has 0 aliphatic heterocycles. The van der Waals surface area contributed by atoms with Crippen LogP contribution in [0.15, 0.2) is 58.1 Å². The predicted octanol–water partition coefficient (Wildman–Crippen LogP) is 4.35.